The summed E-state index contributed by atoms with van der Waals surface area (Å²) in [5, 5.41) is 12.3. The van der Waals surface area contributed by atoms with E-state index in [9.17, 15) is 4.79 Å². The van der Waals surface area contributed by atoms with Crippen LogP contribution in [-0.4, -0.2) is 52.8 Å². The van der Waals surface area contributed by atoms with Crippen molar-refractivity contribution in [3.8, 4) is 17.1 Å². The van der Waals surface area contributed by atoms with Crippen LogP contribution < -0.4 is 10.1 Å². The van der Waals surface area contributed by atoms with Gasteiger partial charge >= 0.3 is 0 Å². The molecule has 30 heavy (non-hydrogen) atoms. The third kappa shape index (κ3) is 5.03. The van der Waals surface area contributed by atoms with Gasteiger partial charge in [0.25, 0.3) is 0 Å². The van der Waals surface area contributed by atoms with Gasteiger partial charge in [-0.05, 0) is 37.1 Å². The molecule has 1 N–H and O–H groups in total. The van der Waals surface area contributed by atoms with Gasteiger partial charge in [0, 0.05) is 18.7 Å². The molecule has 0 aliphatic carbocycles. The molecule has 1 aliphatic heterocycles. The van der Waals surface area contributed by atoms with Crippen LogP contribution in [-0.2, 0) is 16.1 Å². The molecule has 1 amide bonds. The SMILES string of the molecule is COc1cccc(-c2nnc(SCC(=O)NC[C@H]3CCCO3)n2Cc2ccco2)c1. The Balaban J connectivity index is 1.48. The number of carbonyl (C=O) groups excluding carboxylic acids is 1. The summed E-state index contributed by atoms with van der Waals surface area (Å²) < 4.78 is 18.3. The molecule has 2 aromatic heterocycles. The number of carbonyl (C=O) groups is 1. The summed E-state index contributed by atoms with van der Waals surface area (Å²) in [6, 6.07) is 11.4. The lowest BCUT2D eigenvalue weighted by atomic mass is 10.2. The van der Waals surface area contributed by atoms with E-state index in [0.29, 0.717) is 24.1 Å². The molecular formula is C21H24N4O4S. The fraction of sp³-hybridized carbons (Fsp3) is 0.381. The van der Waals surface area contributed by atoms with Crippen LogP contribution in [0.15, 0.2) is 52.2 Å². The summed E-state index contributed by atoms with van der Waals surface area (Å²) in [4.78, 5) is 12.3. The Morgan fingerprint density at radius 2 is 2.27 bits per heavy atom. The summed E-state index contributed by atoms with van der Waals surface area (Å²) in [6.07, 6.45) is 3.81. The Bertz CT molecular complexity index is 967. The second-order valence-electron chi connectivity index (χ2n) is 6.93. The number of amides is 1. The molecule has 0 spiro atoms. The largest absolute Gasteiger partial charge is 0.497 e. The van der Waals surface area contributed by atoms with E-state index >= 15 is 0 Å². The Labute approximate surface area is 179 Å². The summed E-state index contributed by atoms with van der Waals surface area (Å²) >= 11 is 1.35. The molecular weight excluding hydrogens is 404 g/mol. The first-order valence-electron chi connectivity index (χ1n) is 9.84. The molecule has 3 heterocycles. The van der Waals surface area contributed by atoms with E-state index in [2.05, 4.69) is 15.5 Å². The number of nitrogens with zero attached hydrogens (tertiary/aromatic N) is 3. The molecule has 0 bridgehead atoms. The maximum absolute atomic E-state index is 12.3. The molecule has 9 heteroatoms. The Morgan fingerprint density at radius 1 is 1.33 bits per heavy atom. The van der Waals surface area contributed by atoms with E-state index in [1.165, 1.54) is 11.8 Å². The van der Waals surface area contributed by atoms with Crippen LogP contribution in [0.3, 0.4) is 0 Å². The number of ether oxygens (including phenoxy) is 2. The predicted octanol–water partition coefficient (Wildman–Crippen LogP) is 2.98. The molecule has 3 aromatic rings. The zero-order chi connectivity index (χ0) is 20.8. The van der Waals surface area contributed by atoms with Gasteiger partial charge in [-0.1, -0.05) is 23.9 Å². The molecule has 0 saturated carbocycles. The van der Waals surface area contributed by atoms with Gasteiger partial charge in [-0.2, -0.15) is 0 Å². The Hall–Kier alpha value is -2.78. The van der Waals surface area contributed by atoms with Gasteiger partial charge in [0.05, 0.1) is 31.8 Å². The van der Waals surface area contributed by atoms with Crippen molar-refractivity contribution in [1.82, 2.24) is 20.1 Å². The molecule has 158 valence electrons. The molecule has 1 saturated heterocycles. The standard InChI is InChI=1S/C21H24N4O4S/c1-27-16-6-2-5-15(11-16)20-23-24-21(25(20)13-18-8-4-10-29-18)30-14-19(26)22-12-17-7-3-9-28-17/h2,4-6,8,10-11,17H,3,7,9,12-14H2,1H3,(H,22,26)/t17-/m1/s1. The molecule has 0 unspecified atom stereocenters. The minimum Gasteiger partial charge on any atom is -0.497 e. The van der Waals surface area contributed by atoms with E-state index in [4.69, 9.17) is 13.9 Å². The lowest BCUT2D eigenvalue weighted by molar-refractivity contribution is -0.119. The highest BCUT2D eigenvalue weighted by molar-refractivity contribution is 7.99. The maximum atomic E-state index is 12.3. The summed E-state index contributed by atoms with van der Waals surface area (Å²) in [5.74, 6) is 2.41. The smallest absolute Gasteiger partial charge is 0.230 e. The third-order valence-corrected chi connectivity index (χ3v) is 5.79. The Morgan fingerprint density at radius 3 is 3.03 bits per heavy atom. The van der Waals surface area contributed by atoms with Crippen molar-refractivity contribution in [1.29, 1.82) is 0 Å². The highest BCUT2D eigenvalue weighted by Gasteiger charge is 2.19. The molecule has 8 nitrogen and oxygen atoms in total. The van der Waals surface area contributed by atoms with Crippen LogP contribution in [0.1, 0.15) is 18.6 Å². The van der Waals surface area contributed by atoms with Crippen LogP contribution >= 0.6 is 11.8 Å². The Kier molecular flexibility index (Phi) is 6.70. The van der Waals surface area contributed by atoms with Gasteiger partial charge in [0.15, 0.2) is 11.0 Å². The fourth-order valence-electron chi connectivity index (χ4n) is 3.29. The van der Waals surface area contributed by atoms with Crippen molar-refractivity contribution >= 4 is 17.7 Å². The lowest BCUT2D eigenvalue weighted by Gasteiger charge is -2.11. The number of thioether (sulfide) groups is 1. The first kappa shape index (κ1) is 20.5. The van der Waals surface area contributed by atoms with Gasteiger partial charge in [-0.15, -0.1) is 10.2 Å². The van der Waals surface area contributed by atoms with Crippen molar-refractivity contribution in [3.63, 3.8) is 0 Å². The van der Waals surface area contributed by atoms with E-state index < -0.39 is 0 Å². The van der Waals surface area contributed by atoms with Gasteiger partial charge < -0.3 is 19.2 Å². The number of hydrogen-bond acceptors (Lipinski definition) is 7. The first-order chi connectivity index (χ1) is 14.7. The van der Waals surface area contributed by atoms with Crippen molar-refractivity contribution in [3.05, 3.63) is 48.4 Å². The van der Waals surface area contributed by atoms with Crippen molar-refractivity contribution in [2.75, 3.05) is 26.0 Å². The summed E-state index contributed by atoms with van der Waals surface area (Å²) in [7, 11) is 1.63. The molecule has 1 aromatic carbocycles. The van der Waals surface area contributed by atoms with E-state index in [0.717, 1.165) is 36.5 Å². The van der Waals surface area contributed by atoms with Crippen LogP contribution in [0.2, 0.25) is 0 Å². The number of rotatable bonds is 9. The van der Waals surface area contributed by atoms with Gasteiger partial charge in [0.2, 0.25) is 5.91 Å². The van der Waals surface area contributed by atoms with E-state index in [-0.39, 0.29) is 17.8 Å². The van der Waals surface area contributed by atoms with Crippen LogP contribution in [0.4, 0.5) is 0 Å². The second-order valence-corrected chi connectivity index (χ2v) is 7.87. The number of nitrogens with one attached hydrogen (secondary N) is 1. The average molecular weight is 429 g/mol. The molecule has 1 atom stereocenters. The van der Waals surface area contributed by atoms with Crippen LogP contribution in [0, 0.1) is 0 Å². The molecule has 4 rings (SSSR count). The highest BCUT2D eigenvalue weighted by atomic mass is 32.2. The maximum Gasteiger partial charge on any atom is 0.230 e. The van der Waals surface area contributed by atoms with Crippen molar-refractivity contribution in [2.45, 2.75) is 30.6 Å². The van der Waals surface area contributed by atoms with Crippen LogP contribution in [0.5, 0.6) is 5.75 Å². The van der Waals surface area contributed by atoms with Crippen molar-refractivity contribution in [2.24, 2.45) is 0 Å². The zero-order valence-electron chi connectivity index (χ0n) is 16.7. The second kappa shape index (κ2) is 9.82. The van der Waals surface area contributed by atoms with Gasteiger partial charge in [-0.25, -0.2) is 0 Å². The predicted molar refractivity (Wildman–Crippen MR) is 113 cm³/mol. The highest BCUT2D eigenvalue weighted by Crippen LogP contribution is 2.27. The molecule has 1 fully saturated rings. The van der Waals surface area contributed by atoms with Gasteiger partial charge in [0.1, 0.15) is 11.5 Å². The number of aromatic nitrogens is 3. The number of methoxy groups -OCH3 is 1. The molecule has 1 aliphatic rings. The third-order valence-electron chi connectivity index (χ3n) is 4.82. The number of hydrogen-bond donors (Lipinski definition) is 1. The summed E-state index contributed by atoms with van der Waals surface area (Å²) in [5.41, 5.74) is 0.878. The van der Waals surface area contributed by atoms with E-state index in [1.54, 1.807) is 13.4 Å². The van der Waals surface area contributed by atoms with E-state index in [1.807, 2.05) is 41.0 Å². The lowest BCUT2D eigenvalue weighted by Crippen LogP contribution is -2.32. The fourth-order valence-corrected chi connectivity index (χ4v) is 4.05. The monoisotopic (exact) mass is 428 g/mol. The minimum atomic E-state index is -0.0500. The molecule has 0 radical (unpaired) electrons. The topological polar surface area (TPSA) is 91.4 Å². The number of benzene rings is 1. The quantitative estimate of drug-likeness (QED) is 0.524. The zero-order valence-corrected chi connectivity index (χ0v) is 17.6. The van der Waals surface area contributed by atoms with Crippen LogP contribution in [0.25, 0.3) is 11.4 Å². The summed E-state index contributed by atoms with van der Waals surface area (Å²) in [6.45, 7) is 1.79. The first-order valence-corrected chi connectivity index (χ1v) is 10.8. The van der Waals surface area contributed by atoms with Gasteiger partial charge in [-0.3, -0.25) is 9.36 Å². The minimum absolute atomic E-state index is 0.0500. The average Bonchev–Trinajstić information content (AvgIpc) is 3.54. The number of furan rings is 1. The van der Waals surface area contributed by atoms with Crippen molar-refractivity contribution < 1.29 is 18.7 Å². The normalized spacial score (nSPS) is 16.0.